The van der Waals surface area contributed by atoms with E-state index in [1.54, 1.807) is 12.1 Å². The Morgan fingerprint density at radius 2 is 2.23 bits per heavy atom. The standard InChI is InChI=1S/C16H17ClN4O/c1-10-6-11(2)21-15(20-10)14(8-18)16(22)19-9-12-4-3-5-13(17)7-12/h3-8,18,20H,9H2,1-2H3,(H,19,22)/b15-14-,18-8?. The zero-order valence-electron chi connectivity index (χ0n) is 12.4. The van der Waals surface area contributed by atoms with E-state index < -0.39 is 0 Å². The highest BCUT2D eigenvalue weighted by atomic mass is 35.5. The summed E-state index contributed by atoms with van der Waals surface area (Å²) in [5.41, 5.74) is 2.74. The van der Waals surface area contributed by atoms with Crippen molar-refractivity contribution in [2.45, 2.75) is 20.4 Å². The number of hydrogen-bond donors (Lipinski definition) is 3. The third-order valence-corrected chi connectivity index (χ3v) is 3.25. The molecule has 5 nitrogen and oxygen atoms in total. The summed E-state index contributed by atoms with van der Waals surface area (Å²) >= 11 is 5.91. The number of nitrogens with zero attached hydrogens (tertiary/aromatic N) is 1. The van der Waals surface area contributed by atoms with Crippen LogP contribution in [-0.2, 0) is 11.3 Å². The Bertz CT molecular complexity index is 704. The van der Waals surface area contributed by atoms with Crippen LogP contribution in [0.4, 0.5) is 0 Å². The summed E-state index contributed by atoms with van der Waals surface area (Å²) in [5.74, 6) is 0.0276. The zero-order chi connectivity index (χ0) is 16.1. The Balaban J connectivity index is 2.13. The number of amides is 1. The maximum absolute atomic E-state index is 12.3. The van der Waals surface area contributed by atoms with Crippen LogP contribution in [0.25, 0.3) is 0 Å². The lowest BCUT2D eigenvalue weighted by molar-refractivity contribution is -0.117. The Kier molecular flexibility index (Phi) is 5.12. The van der Waals surface area contributed by atoms with Gasteiger partial charge in [0.25, 0.3) is 5.91 Å². The lowest BCUT2D eigenvalue weighted by Crippen LogP contribution is -2.29. The third kappa shape index (κ3) is 4.05. The highest BCUT2D eigenvalue weighted by Crippen LogP contribution is 2.12. The van der Waals surface area contributed by atoms with Gasteiger partial charge in [-0.2, -0.15) is 0 Å². The van der Waals surface area contributed by atoms with Crippen LogP contribution in [0.5, 0.6) is 0 Å². The molecule has 0 aliphatic carbocycles. The largest absolute Gasteiger partial charge is 0.348 e. The maximum atomic E-state index is 12.3. The van der Waals surface area contributed by atoms with Gasteiger partial charge >= 0.3 is 0 Å². The molecular weight excluding hydrogens is 300 g/mol. The molecule has 0 saturated carbocycles. The molecular formula is C16H17ClN4O. The maximum Gasteiger partial charge on any atom is 0.256 e. The number of allylic oxidation sites excluding steroid dienone is 2. The van der Waals surface area contributed by atoms with Crippen LogP contribution in [0.2, 0.25) is 5.02 Å². The van der Waals surface area contributed by atoms with Gasteiger partial charge in [0.05, 0.1) is 5.57 Å². The molecule has 1 aliphatic heterocycles. The molecule has 1 aromatic rings. The summed E-state index contributed by atoms with van der Waals surface area (Å²) in [5, 5.41) is 13.9. The van der Waals surface area contributed by atoms with Crippen LogP contribution in [0, 0.1) is 5.41 Å². The lowest BCUT2D eigenvalue weighted by atomic mass is 10.2. The van der Waals surface area contributed by atoms with Gasteiger partial charge in [-0.3, -0.25) is 4.79 Å². The van der Waals surface area contributed by atoms with Gasteiger partial charge in [-0.15, -0.1) is 0 Å². The van der Waals surface area contributed by atoms with Gasteiger partial charge in [-0.1, -0.05) is 23.7 Å². The Morgan fingerprint density at radius 1 is 1.45 bits per heavy atom. The van der Waals surface area contributed by atoms with Crippen molar-refractivity contribution in [2.24, 2.45) is 4.99 Å². The number of halogens is 1. The molecule has 0 aromatic heterocycles. The van der Waals surface area contributed by atoms with Crippen LogP contribution >= 0.6 is 11.6 Å². The fraction of sp³-hybridized carbons (Fsp3) is 0.188. The second kappa shape index (κ2) is 7.04. The van der Waals surface area contributed by atoms with E-state index in [2.05, 4.69) is 15.6 Å². The fourth-order valence-corrected chi connectivity index (χ4v) is 2.28. The van der Waals surface area contributed by atoms with E-state index in [1.807, 2.05) is 32.1 Å². The van der Waals surface area contributed by atoms with Gasteiger partial charge in [0.1, 0.15) is 5.82 Å². The SMILES string of the molecule is CC1=CC(C)=N/C(=C(/C=N)C(=O)NCc2cccc(Cl)c2)N1. The van der Waals surface area contributed by atoms with Gasteiger partial charge in [-0.05, 0) is 37.6 Å². The first kappa shape index (κ1) is 16.0. The predicted molar refractivity (Wildman–Crippen MR) is 89.1 cm³/mol. The van der Waals surface area contributed by atoms with Crippen molar-refractivity contribution < 1.29 is 4.79 Å². The molecule has 1 amide bonds. The average molecular weight is 317 g/mol. The van der Waals surface area contributed by atoms with Crippen molar-refractivity contribution in [3.63, 3.8) is 0 Å². The molecule has 6 heteroatoms. The Labute approximate surface area is 134 Å². The van der Waals surface area contributed by atoms with Gasteiger partial charge in [0.2, 0.25) is 0 Å². The number of nitrogens with one attached hydrogen (secondary N) is 3. The van der Waals surface area contributed by atoms with Crippen molar-refractivity contribution in [1.29, 1.82) is 5.41 Å². The topological polar surface area (TPSA) is 77.3 Å². The minimum atomic E-state index is -0.358. The smallest absolute Gasteiger partial charge is 0.256 e. The quantitative estimate of drug-likeness (QED) is 0.590. The summed E-state index contributed by atoms with van der Waals surface area (Å²) in [6.45, 7) is 4.06. The van der Waals surface area contributed by atoms with Crippen molar-refractivity contribution in [3.05, 3.63) is 58.0 Å². The van der Waals surface area contributed by atoms with E-state index in [0.29, 0.717) is 17.4 Å². The minimum Gasteiger partial charge on any atom is -0.348 e. The van der Waals surface area contributed by atoms with Gasteiger partial charge in [0, 0.05) is 29.2 Å². The van der Waals surface area contributed by atoms with Crippen LogP contribution in [0.3, 0.4) is 0 Å². The van der Waals surface area contributed by atoms with Crippen molar-refractivity contribution in [3.8, 4) is 0 Å². The van der Waals surface area contributed by atoms with E-state index in [4.69, 9.17) is 17.0 Å². The van der Waals surface area contributed by atoms with E-state index in [1.165, 1.54) is 0 Å². The van der Waals surface area contributed by atoms with Gasteiger partial charge < -0.3 is 16.0 Å². The zero-order valence-corrected chi connectivity index (χ0v) is 13.2. The molecule has 1 aliphatic rings. The van der Waals surface area contributed by atoms with Gasteiger partial charge in [0.15, 0.2) is 0 Å². The number of hydrogen-bond acceptors (Lipinski definition) is 4. The van der Waals surface area contributed by atoms with Gasteiger partial charge in [-0.25, -0.2) is 4.99 Å². The molecule has 2 rings (SSSR count). The lowest BCUT2D eigenvalue weighted by Gasteiger charge is -2.16. The van der Waals surface area contributed by atoms with E-state index in [-0.39, 0.29) is 11.5 Å². The third-order valence-electron chi connectivity index (χ3n) is 3.02. The molecule has 114 valence electrons. The van der Waals surface area contributed by atoms with Crippen LogP contribution in [-0.4, -0.2) is 17.8 Å². The van der Waals surface area contributed by atoms with Crippen LogP contribution in [0.15, 0.2) is 52.4 Å². The molecule has 0 unspecified atom stereocenters. The Morgan fingerprint density at radius 3 is 2.86 bits per heavy atom. The van der Waals surface area contributed by atoms with E-state index in [0.717, 1.165) is 23.2 Å². The van der Waals surface area contributed by atoms with Crippen molar-refractivity contribution in [2.75, 3.05) is 0 Å². The molecule has 0 fully saturated rings. The molecule has 1 aromatic carbocycles. The van der Waals surface area contributed by atoms with Crippen molar-refractivity contribution >= 4 is 29.4 Å². The molecule has 22 heavy (non-hydrogen) atoms. The summed E-state index contributed by atoms with van der Waals surface area (Å²) in [4.78, 5) is 16.5. The first-order valence-electron chi connectivity index (χ1n) is 6.77. The number of rotatable bonds is 4. The van der Waals surface area contributed by atoms with Crippen molar-refractivity contribution in [1.82, 2.24) is 10.6 Å². The average Bonchev–Trinajstić information content (AvgIpc) is 2.45. The van der Waals surface area contributed by atoms with Crippen LogP contribution in [0.1, 0.15) is 19.4 Å². The molecule has 0 spiro atoms. The number of benzene rings is 1. The highest BCUT2D eigenvalue weighted by molar-refractivity contribution is 6.30. The fourth-order valence-electron chi connectivity index (χ4n) is 2.07. The predicted octanol–water partition coefficient (Wildman–Crippen LogP) is 2.79. The minimum absolute atomic E-state index is 0.189. The van der Waals surface area contributed by atoms with E-state index >= 15 is 0 Å². The number of aliphatic imine (C=N–C) groups is 1. The first-order valence-corrected chi connectivity index (χ1v) is 7.15. The van der Waals surface area contributed by atoms with E-state index in [9.17, 15) is 4.79 Å². The second-order valence-electron chi connectivity index (χ2n) is 4.92. The molecule has 0 saturated heterocycles. The normalized spacial score (nSPS) is 16.1. The molecule has 0 atom stereocenters. The molecule has 0 bridgehead atoms. The summed E-state index contributed by atoms with van der Waals surface area (Å²) in [6.07, 6.45) is 2.87. The summed E-state index contributed by atoms with van der Waals surface area (Å²) < 4.78 is 0. The summed E-state index contributed by atoms with van der Waals surface area (Å²) in [6, 6.07) is 7.26. The Hall–Kier alpha value is -2.40. The number of carbonyl (C=O) groups excluding carboxylic acids is 1. The number of carbonyl (C=O) groups is 1. The molecule has 0 radical (unpaired) electrons. The first-order chi connectivity index (χ1) is 10.5. The summed E-state index contributed by atoms with van der Waals surface area (Å²) in [7, 11) is 0. The van der Waals surface area contributed by atoms with Crippen LogP contribution < -0.4 is 10.6 Å². The highest BCUT2D eigenvalue weighted by Gasteiger charge is 2.15. The molecule has 1 heterocycles. The second-order valence-corrected chi connectivity index (χ2v) is 5.36. The monoisotopic (exact) mass is 316 g/mol. The molecule has 3 N–H and O–H groups in total.